The molecule has 1 atom stereocenters. The quantitative estimate of drug-likeness (QED) is 0.305. The second kappa shape index (κ2) is 14.2. The van der Waals surface area contributed by atoms with E-state index in [9.17, 15) is 18.0 Å². The van der Waals surface area contributed by atoms with Crippen molar-refractivity contribution in [3.63, 3.8) is 0 Å². The monoisotopic (exact) mass is 579 g/mol. The van der Waals surface area contributed by atoms with Crippen molar-refractivity contribution >= 4 is 27.5 Å². The van der Waals surface area contributed by atoms with Crippen LogP contribution in [0.15, 0.2) is 77.7 Å². The van der Waals surface area contributed by atoms with Crippen LogP contribution in [0, 0.1) is 19.8 Å². The fourth-order valence-electron chi connectivity index (χ4n) is 4.49. The summed E-state index contributed by atoms with van der Waals surface area (Å²) in [4.78, 5) is 29.1. The predicted molar refractivity (Wildman–Crippen MR) is 162 cm³/mol. The highest BCUT2D eigenvalue weighted by atomic mass is 32.2. The lowest BCUT2D eigenvalue weighted by Crippen LogP contribution is -2.52. The molecule has 0 aliphatic rings. The molecule has 3 rings (SSSR count). The first-order valence-corrected chi connectivity index (χ1v) is 15.3. The van der Waals surface area contributed by atoms with E-state index in [0.717, 1.165) is 15.4 Å². The van der Waals surface area contributed by atoms with Gasteiger partial charge in [0.05, 0.1) is 17.7 Å². The molecule has 3 aromatic rings. The molecule has 0 aliphatic heterocycles. The molecule has 0 unspecified atom stereocenters. The number of sulfonamides is 1. The van der Waals surface area contributed by atoms with Gasteiger partial charge in [-0.15, -0.1) is 0 Å². The highest BCUT2D eigenvalue weighted by Gasteiger charge is 2.34. The average Bonchev–Trinajstić information content (AvgIpc) is 2.96. The van der Waals surface area contributed by atoms with E-state index in [1.54, 1.807) is 43.5 Å². The van der Waals surface area contributed by atoms with Gasteiger partial charge >= 0.3 is 0 Å². The molecule has 0 bridgehead atoms. The van der Waals surface area contributed by atoms with Crippen LogP contribution in [-0.2, 0) is 26.2 Å². The lowest BCUT2D eigenvalue weighted by molar-refractivity contribution is -0.140. The van der Waals surface area contributed by atoms with Gasteiger partial charge in [0.25, 0.3) is 10.0 Å². The molecule has 0 heterocycles. The van der Waals surface area contributed by atoms with Gasteiger partial charge < -0.3 is 15.0 Å². The highest BCUT2D eigenvalue weighted by Crippen LogP contribution is 2.28. The van der Waals surface area contributed by atoms with Crippen molar-refractivity contribution in [1.29, 1.82) is 0 Å². The Morgan fingerprint density at radius 2 is 1.61 bits per heavy atom. The molecule has 41 heavy (non-hydrogen) atoms. The van der Waals surface area contributed by atoms with Gasteiger partial charge in [-0.2, -0.15) is 0 Å². The van der Waals surface area contributed by atoms with Crippen LogP contribution in [-0.4, -0.2) is 51.4 Å². The number of rotatable bonds is 13. The van der Waals surface area contributed by atoms with Crippen LogP contribution in [0.5, 0.6) is 5.75 Å². The summed E-state index contributed by atoms with van der Waals surface area (Å²) in [6.07, 6.45) is 0.362. The molecule has 0 aliphatic carbocycles. The first kappa shape index (κ1) is 31.7. The Morgan fingerprint density at radius 3 is 2.20 bits per heavy atom. The largest absolute Gasteiger partial charge is 0.497 e. The summed E-state index contributed by atoms with van der Waals surface area (Å²) in [5.41, 5.74) is 2.79. The fourth-order valence-corrected chi connectivity index (χ4v) is 5.98. The first-order valence-electron chi connectivity index (χ1n) is 13.8. The third kappa shape index (κ3) is 8.10. The Balaban J connectivity index is 2.07. The molecular formula is C32H41N3O5S. The normalized spacial score (nSPS) is 12.1. The molecule has 0 saturated heterocycles. The Bertz CT molecular complexity index is 1420. The maximum absolute atomic E-state index is 14.2. The third-order valence-corrected chi connectivity index (χ3v) is 8.60. The molecule has 0 fully saturated rings. The zero-order valence-corrected chi connectivity index (χ0v) is 25.6. The molecule has 0 saturated carbocycles. The van der Waals surface area contributed by atoms with E-state index in [2.05, 4.69) is 5.32 Å². The molecule has 8 nitrogen and oxygen atoms in total. The Hall–Kier alpha value is -3.85. The highest BCUT2D eigenvalue weighted by molar-refractivity contribution is 7.92. The maximum atomic E-state index is 14.2. The van der Waals surface area contributed by atoms with Crippen molar-refractivity contribution in [3.05, 3.63) is 89.5 Å². The van der Waals surface area contributed by atoms with Crippen LogP contribution in [0.1, 0.15) is 43.9 Å². The van der Waals surface area contributed by atoms with Crippen LogP contribution in [0.2, 0.25) is 0 Å². The third-order valence-electron chi connectivity index (χ3n) is 6.83. The van der Waals surface area contributed by atoms with Crippen LogP contribution in [0.4, 0.5) is 5.69 Å². The summed E-state index contributed by atoms with van der Waals surface area (Å²) in [5.74, 6) is 0.154. The van der Waals surface area contributed by atoms with Gasteiger partial charge in [-0.1, -0.05) is 63.2 Å². The second-order valence-corrected chi connectivity index (χ2v) is 12.4. The molecule has 3 aromatic carbocycles. The topological polar surface area (TPSA) is 96.0 Å². The number of methoxy groups -OCH3 is 1. The van der Waals surface area contributed by atoms with E-state index in [1.807, 2.05) is 58.9 Å². The zero-order valence-electron chi connectivity index (χ0n) is 24.8. The summed E-state index contributed by atoms with van der Waals surface area (Å²) < 4.78 is 34.4. The molecule has 2 amide bonds. The van der Waals surface area contributed by atoms with E-state index < -0.39 is 28.5 Å². The molecule has 0 aromatic heterocycles. The molecule has 220 valence electrons. The number of nitrogens with one attached hydrogen (secondary N) is 1. The molecule has 0 spiro atoms. The molecular weight excluding hydrogens is 538 g/mol. The van der Waals surface area contributed by atoms with Gasteiger partial charge in [0.2, 0.25) is 11.8 Å². The lowest BCUT2D eigenvalue weighted by atomic mass is 10.1. The number of aryl methyl sites for hydroxylation is 2. The number of ether oxygens (including phenoxy) is 1. The number of hydrogen-bond acceptors (Lipinski definition) is 5. The Kier molecular flexibility index (Phi) is 10.9. The summed E-state index contributed by atoms with van der Waals surface area (Å²) in [6.45, 7) is 9.66. The van der Waals surface area contributed by atoms with Crippen molar-refractivity contribution in [2.45, 2.75) is 58.5 Å². The summed E-state index contributed by atoms with van der Waals surface area (Å²) in [5, 5.41) is 2.95. The Morgan fingerprint density at radius 1 is 0.951 bits per heavy atom. The predicted octanol–water partition coefficient (Wildman–Crippen LogP) is 5.09. The lowest BCUT2D eigenvalue weighted by Gasteiger charge is -2.33. The van der Waals surface area contributed by atoms with E-state index in [0.29, 0.717) is 30.0 Å². The SMILES string of the molecule is CC[C@H](C(=O)NCC(C)C)N(Cc1ccc(OC)cc1)C(=O)CN(c1cc(C)ccc1C)S(=O)(=O)c1ccccc1. The molecule has 9 heteroatoms. The van der Waals surface area contributed by atoms with Crippen molar-refractivity contribution in [1.82, 2.24) is 10.2 Å². The van der Waals surface area contributed by atoms with Crippen molar-refractivity contribution in [2.24, 2.45) is 5.92 Å². The number of carbonyl (C=O) groups excluding carboxylic acids is 2. The van der Waals surface area contributed by atoms with Gasteiger partial charge in [0, 0.05) is 13.1 Å². The van der Waals surface area contributed by atoms with Gasteiger partial charge in [0.15, 0.2) is 0 Å². The standard InChI is InChI=1S/C32H41N3O5S/c1-7-29(32(37)33-20-23(2)3)34(21-26-15-17-27(40-6)18-16-26)31(36)22-35(30-19-24(4)13-14-25(30)5)41(38,39)28-11-9-8-10-12-28/h8-19,23,29H,7,20-22H2,1-6H3,(H,33,37)/t29-/m1/s1. The van der Waals surface area contributed by atoms with Gasteiger partial charge in [-0.3, -0.25) is 13.9 Å². The molecule has 1 N–H and O–H groups in total. The van der Waals surface area contributed by atoms with Crippen LogP contribution in [0.3, 0.4) is 0 Å². The van der Waals surface area contributed by atoms with Crippen molar-refractivity contribution < 1.29 is 22.7 Å². The number of nitrogens with zero attached hydrogens (tertiary/aromatic N) is 2. The summed E-state index contributed by atoms with van der Waals surface area (Å²) in [6, 6.07) is 20.0. The average molecular weight is 580 g/mol. The number of amides is 2. The smallest absolute Gasteiger partial charge is 0.264 e. The number of hydrogen-bond donors (Lipinski definition) is 1. The van der Waals surface area contributed by atoms with E-state index in [1.165, 1.54) is 17.0 Å². The second-order valence-electron chi connectivity index (χ2n) is 10.5. The molecule has 0 radical (unpaired) electrons. The van der Waals surface area contributed by atoms with Crippen LogP contribution < -0.4 is 14.4 Å². The zero-order chi connectivity index (χ0) is 30.2. The maximum Gasteiger partial charge on any atom is 0.264 e. The fraction of sp³-hybridized carbons (Fsp3) is 0.375. The van der Waals surface area contributed by atoms with Crippen LogP contribution in [0.25, 0.3) is 0 Å². The first-order chi connectivity index (χ1) is 19.5. The van der Waals surface area contributed by atoms with E-state index in [4.69, 9.17) is 4.74 Å². The number of benzene rings is 3. The van der Waals surface area contributed by atoms with Gasteiger partial charge in [-0.05, 0) is 73.2 Å². The van der Waals surface area contributed by atoms with Gasteiger partial charge in [-0.25, -0.2) is 8.42 Å². The minimum atomic E-state index is -4.11. The van der Waals surface area contributed by atoms with Gasteiger partial charge in [0.1, 0.15) is 18.3 Å². The van der Waals surface area contributed by atoms with E-state index in [-0.39, 0.29) is 23.3 Å². The minimum Gasteiger partial charge on any atom is -0.497 e. The summed E-state index contributed by atoms with van der Waals surface area (Å²) in [7, 11) is -2.53. The minimum absolute atomic E-state index is 0.0807. The number of anilines is 1. The number of carbonyl (C=O) groups is 2. The van der Waals surface area contributed by atoms with Crippen LogP contribution >= 0.6 is 0 Å². The summed E-state index contributed by atoms with van der Waals surface area (Å²) >= 11 is 0. The Labute approximate surface area is 244 Å². The van der Waals surface area contributed by atoms with E-state index >= 15 is 0 Å². The van der Waals surface area contributed by atoms with Crippen molar-refractivity contribution in [2.75, 3.05) is 24.5 Å². The van der Waals surface area contributed by atoms with Crippen molar-refractivity contribution in [3.8, 4) is 5.75 Å².